The highest BCUT2D eigenvalue weighted by atomic mass is 35.5. The van der Waals surface area contributed by atoms with E-state index in [1.54, 1.807) is 24.3 Å². The lowest BCUT2D eigenvalue weighted by atomic mass is 10.2. The van der Waals surface area contributed by atoms with Crippen LogP contribution in [0.5, 0.6) is 0 Å². The average Bonchev–Trinajstić information content (AvgIpc) is 2.55. The van der Waals surface area contributed by atoms with Gasteiger partial charge in [-0.15, -0.1) is 0 Å². The van der Waals surface area contributed by atoms with E-state index in [1.807, 2.05) is 0 Å². The van der Waals surface area contributed by atoms with E-state index in [9.17, 15) is 14.7 Å². The summed E-state index contributed by atoms with van der Waals surface area (Å²) in [6, 6.07) is 6.01. The molecule has 1 heterocycles. The van der Waals surface area contributed by atoms with E-state index in [0.29, 0.717) is 10.7 Å². The molecule has 18 heavy (non-hydrogen) atoms. The number of aliphatic carboxylic acids is 1. The summed E-state index contributed by atoms with van der Waals surface area (Å²) in [6.07, 6.45) is -1.31. The number of carboxylic acids is 1. The predicted octanol–water partition coefficient (Wildman–Crippen LogP) is 0.610. The van der Waals surface area contributed by atoms with Gasteiger partial charge in [0.15, 0.2) is 6.23 Å². The van der Waals surface area contributed by atoms with Crippen LogP contribution < -0.4 is 10.0 Å². The number of carbonyl (C=O) groups excluding carboxylic acids is 2. The van der Waals surface area contributed by atoms with Crippen molar-refractivity contribution in [3.05, 3.63) is 29.3 Å². The molecule has 1 aliphatic rings. The number of anilines is 1. The zero-order valence-electron chi connectivity index (χ0n) is 9.50. The van der Waals surface area contributed by atoms with Crippen LogP contribution >= 0.6 is 11.6 Å². The average molecular weight is 270 g/mol. The Morgan fingerprint density at radius 2 is 2.06 bits per heavy atom. The van der Waals surface area contributed by atoms with Crippen LogP contribution in [0.3, 0.4) is 0 Å². The number of urea groups is 1. The van der Waals surface area contributed by atoms with E-state index in [4.69, 9.17) is 16.4 Å². The van der Waals surface area contributed by atoms with Crippen molar-refractivity contribution in [2.45, 2.75) is 12.6 Å². The fourth-order valence-corrected chi connectivity index (χ4v) is 1.83. The van der Waals surface area contributed by atoms with Gasteiger partial charge in [0.05, 0.1) is 0 Å². The Kier molecular flexibility index (Phi) is 3.40. The van der Waals surface area contributed by atoms with Crippen molar-refractivity contribution < 1.29 is 19.5 Å². The Morgan fingerprint density at radius 3 is 2.61 bits per heavy atom. The number of hydrogen-bond donors (Lipinski definition) is 0. The van der Waals surface area contributed by atoms with Gasteiger partial charge in [-0.25, -0.2) is 14.7 Å². The van der Waals surface area contributed by atoms with E-state index in [2.05, 4.69) is 0 Å². The molecule has 1 aliphatic heterocycles. The molecule has 1 aromatic carbocycles. The Labute approximate surface area is 108 Å². The molecular weight excluding hydrogens is 260 g/mol. The number of benzene rings is 1. The number of hydrogen-bond acceptors (Lipinski definition) is 4. The second-order valence-corrected chi connectivity index (χ2v) is 4.20. The Morgan fingerprint density at radius 1 is 1.44 bits per heavy atom. The third-order valence-electron chi connectivity index (χ3n) is 2.49. The molecule has 0 bridgehead atoms. The molecule has 2 amide bonds. The number of rotatable bonds is 3. The molecule has 0 unspecified atom stereocenters. The van der Waals surface area contributed by atoms with Gasteiger partial charge in [-0.2, -0.15) is 0 Å². The summed E-state index contributed by atoms with van der Waals surface area (Å²) in [5, 5.41) is 12.1. The minimum absolute atomic E-state index is 0.404. The van der Waals surface area contributed by atoms with Gasteiger partial charge in [0.25, 0.3) is 0 Å². The normalized spacial score (nSPS) is 19.4. The maximum absolute atomic E-state index is 11.9. The largest absolute Gasteiger partial charge is 0.550 e. The van der Waals surface area contributed by atoms with Crippen LogP contribution in [0.1, 0.15) is 6.42 Å². The van der Waals surface area contributed by atoms with Gasteiger partial charge in [0.2, 0.25) is 0 Å². The highest BCUT2D eigenvalue weighted by Crippen LogP contribution is 2.27. The monoisotopic (exact) mass is 269 g/mol. The van der Waals surface area contributed by atoms with Crippen LogP contribution in [0.2, 0.25) is 5.02 Å². The molecule has 0 radical (unpaired) electrons. The highest BCUT2D eigenvalue weighted by molar-refractivity contribution is 6.30. The van der Waals surface area contributed by atoms with Crippen molar-refractivity contribution in [2.24, 2.45) is 0 Å². The molecule has 96 valence electrons. The van der Waals surface area contributed by atoms with Crippen molar-refractivity contribution in [1.82, 2.24) is 5.06 Å². The van der Waals surface area contributed by atoms with Crippen LogP contribution in [-0.2, 0) is 9.63 Å². The Bertz CT molecular complexity index is 476. The summed E-state index contributed by atoms with van der Waals surface area (Å²) in [7, 11) is 1.42. The number of carbonyl (C=O) groups is 2. The van der Waals surface area contributed by atoms with Crippen molar-refractivity contribution in [3.63, 3.8) is 0 Å². The molecule has 1 atom stereocenters. The molecule has 0 aromatic heterocycles. The smallest absolute Gasteiger partial charge is 0.350 e. The number of carboxylic acid groups (broad SMARTS) is 1. The summed E-state index contributed by atoms with van der Waals surface area (Å²) in [4.78, 5) is 28.9. The van der Waals surface area contributed by atoms with Crippen molar-refractivity contribution >= 4 is 29.3 Å². The molecule has 0 aliphatic carbocycles. The molecular formula is C11H10ClN2O4-. The summed E-state index contributed by atoms with van der Waals surface area (Å²) in [5.74, 6) is -1.29. The lowest BCUT2D eigenvalue weighted by Crippen LogP contribution is -2.38. The minimum Gasteiger partial charge on any atom is -0.550 e. The third kappa shape index (κ3) is 2.39. The van der Waals surface area contributed by atoms with Gasteiger partial charge >= 0.3 is 6.03 Å². The second kappa shape index (κ2) is 4.83. The first kappa shape index (κ1) is 12.7. The summed E-state index contributed by atoms with van der Waals surface area (Å²) >= 11 is 5.75. The quantitative estimate of drug-likeness (QED) is 0.806. The number of halogens is 1. The van der Waals surface area contributed by atoms with E-state index < -0.39 is 24.6 Å². The van der Waals surface area contributed by atoms with Gasteiger partial charge in [-0.05, 0) is 24.3 Å². The molecule has 2 rings (SSSR count). The van der Waals surface area contributed by atoms with E-state index in [-0.39, 0.29) is 0 Å². The van der Waals surface area contributed by atoms with Gasteiger partial charge in [0, 0.05) is 30.1 Å². The van der Waals surface area contributed by atoms with Gasteiger partial charge in [-0.3, -0.25) is 4.90 Å². The number of nitrogens with zero attached hydrogens (tertiary/aromatic N) is 2. The first-order valence-electron chi connectivity index (χ1n) is 5.18. The van der Waals surface area contributed by atoms with Gasteiger partial charge in [0.1, 0.15) is 0 Å². The molecule has 1 fully saturated rings. The molecule has 1 saturated heterocycles. The highest BCUT2D eigenvalue weighted by Gasteiger charge is 2.37. The topological polar surface area (TPSA) is 72.9 Å². The first-order valence-corrected chi connectivity index (χ1v) is 5.56. The molecule has 6 nitrogen and oxygen atoms in total. The van der Waals surface area contributed by atoms with Crippen molar-refractivity contribution in [3.8, 4) is 0 Å². The lowest BCUT2D eigenvalue weighted by Gasteiger charge is -2.21. The van der Waals surface area contributed by atoms with Crippen LogP contribution in [0.15, 0.2) is 24.3 Å². The number of amides is 2. The van der Waals surface area contributed by atoms with E-state index >= 15 is 0 Å². The minimum atomic E-state index is -1.29. The van der Waals surface area contributed by atoms with Gasteiger partial charge in [-0.1, -0.05) is 11.6 Å². The molecule has 1 aromatic rings. The summed E-state index contributed by atoms with van der Waals surface area (Å²) in [6.45, 7) is 0. The first-order chi connectivity index (χ1) is 8.49. The maximum atomic E-state index is 11.9. The lowest BCUT2D eigenvalue weighted by molar-refractivity contribution is -0.308. The second-order valence-electron chi connectivity index (χ2n) is 3.76. The predicted molar refractivity (Wildman–Crippen MR) is 61.6 cm³/mol. The standard InChI is InChI=1S/C11H11ClN2O4/c1-13-11(17)14(9(18-13)6-10(15)16)8-4-2-7(12)3-5-8/h2-5,9H,6H2,1H3,(H,15,16)/p-1/t9-/m0/s1. The summed E-state index contributed by atoms with van der Waals surface area (Å²) < 4.78 is 0. The molecule has 0 saturated carbocycles. The fourth-order valence-electron chi connectivity index (χ4n) is 1.70. The van der Waals surface area contributed by atoms with E-state index in [0.717, 1.165) is 5.06 Å². The van der Waals surface area contributed by atoms with E-state index in [1.165, 1.54) is 11.9 Å². The third-order valence-corrected chi connectivity index (χ3v) is 2.74. The molecule has 0 N–H and O–H groups in total. The summed E-state index contributed by atoms with van der Waals surface area (Å²) in [5.41, 5.74) is 0.514. The van der Waals surface area contributed by atoms with Crippen molar-refractivity contribution in [1.29, 1.82) is 0 Å². The van der Waals surface area contributed by atoms with Crippen LogP contribution in [0.25, 0.3) is 0 Å². The van der Waals surface area contributed by atoms with Gasteiger partial charge < -0.3 is 9.90 Å². The van der Waals surface area contributed by atoms with Crippen LogP contribution in [-0.4, -0.2) is 30.3 Å². The van der Waals surface area contributed by atoms with Crippen LogP contribution in [0.4, 0.5) is 10.5 Å². The Hall–Kier alpha value is -1.79. The Balaban J connectivity index is 2.29. The zero-order valence-corrected chi connectivity index (χ0v) is 10.3. The zero-order chi connectivity index (χ0) is 13.3. The number of hydroxylamine groups is 2. The van der Waals surface area contributed by atoms with Crippen LogP contribution in [0, 0.1) is 0 Å². The SMILES string of the molecule is CN1O[C@@H](CC(=O)[O-])N(c2ccc(Cl)cc2)C1=O. The maximum Gasteiger partial charge on any atom is 0.350 e. The fraction of sp³-hybridized carbons (Fsp3) is 0.273. The molecule has 0 spiro atoms. The van der Waals surface area contributed by atoms with Crippen molar-refractivity contribution in [2.75, 3.05) is 11.9 Å². The molecule has 7 heteroatoms.